The van der Waals surface area contributed by atoms with E-state index in [2.05, 4.69) is 15.0 Å². The molecule has 0 aromatic heterocycles. The molecule has 5 nitrogen and oxygen atoms in total. The van der Waals surface area contributed by atoms with Crippen molar-refractivity contribution < 1.29 is 9.68 Å². The van der Waals surface area contributed by atoms with Gasteiger partial charge in [0.05, 0.1) is 13.2 Å². The van der Waals surface area contributed by atoms with Crippen molar-refractivity contribution in [3.05, 3.63) is 0 Å². The maximum atomic E-state index is 4.83. The highest BCUT2D eigenvalue weighted by atomic mass is 16.6. The summed E-state index contributed by atoms with van der Waals surface area (Å²) >= 11 is 0. The summed E-state index contributed by atoms with van der Waals surface area (Å²) in [6, 6.07) is 0. The van der Waals surface area contributed by atoms with Gasteiger partial charge in [-0.25, -0.2) is 11.8 Å². The molecule has 0 unspecified atom stereocenters. The van der Waals surface area contributed by atoms with Crippen molar-refractivity contribution in [1.29, 1.82) is 0 Å². The van der Waals surface area contributed by atoms with Gasteiger partial charge in [0.2, 0.25) is 0 Å². The molecule has 5 heteroatoms. The Morgan fingerprint density at radius 3 is 1.73 bits per heavy atom. The second-order valence-corrected chi connectivity index (χ2v) is 2.20. The molecule has 0 fully saturated rings. The molecule has 0 saturated heterocycles. The average Bonchev–Trinajstić information content (AvgIpc) is 2.03. The predicted molar refractivity (Wildman–Crippen MR) is 42.4 cm³/mol. The maximum absolute atomic E-state index is 4.83. The van der Waals surface area contributed by atoms with E-state index < -0.39 is 0 Å². The molecular formula is C6H17N3O2. The van der Waals surface area contributed by atoms with Crippen LogP contribution in [0.25, 0.3) is 0 Å². The Morgan fingerprint density at radius 2 is 1.36 bits per heavy atom. The van der Waals surface area contributed by atoms with E-state index in [1.54, 1.807) is 0 Å². The molecule has 0 aromatic rings. The maximum Gasteiger partial charge on any atom is 0.0691 e. The van der Waals surface area contributed by atoms with E-state index in [1.165, 1.54) is 0 Å². The Balaban J connectivity index is 2.69. The lowest BCUT2D eigenvalue weighted by atomic mass is 10.4. The van der Waals surface area contributed by atoms with Crippen LogP contribution in [-0.4, -0.2) is 26.3 Å². The van der Waals surface area contributed by atoms with Crippen LogP contribution in [0.4, 0.5) is 0 Å². The summed E-state index contributed by atoms with van der Waals surface area (Å²) in [6.07, 6.45) is 1.86. The standard InChI is InChI=1S/C6H17N3O2/c7-10-5-1-3-9-4-2-6-11-8/h9H,1-8H2. The number of hydrogen-bond donors (Lipinski definition) is 3. The fraction of sp³-hybridized carbons (Fsp3) is 1.00. The highest BCUT2D eigenvalue weighted by Gasteiger charge is 1.87. The molecular weight excluding hydrogens is 146 g/mol. The third-order valence-electron chi connectivity index (χ3n) is 1.23. The monoisotopic (exact) mass is 163 g/mol. The van der Waals surface area contributed by atoms with Crippen LogP contribution in [0.2, 0.25) is 0 Å². The minimum Gasteiger partial charge on any atom is -0.317 e. The summed E-state index contributed by atoms with van der Waals surface area (Å²) in [4.78, 5) is 8.77. The zero-order chi connectivity index (χ0) is 8.36. The Bertz CT molecular complexity index is 64.8. The second-order valence-electron chi connectivity index (χ2n) is 2.20. The molecule has 11 heavy (non-hydrogen) atoms. The van der Waals surface area contributed by atoms with Gasteiger partial charge in [-0.2, -0.15) is 0 Å². The van der Waals surface area contributed by atoms with E-state index in [0.717, 1.165) is 25.9 Å². The molecule has 0 amide bonds. The van der Waals surface area contributed by atoms with Gasteiger partial charge in [0.1, 0.15) is 0 Å². The Labute approximate surface area is 66.9 Å². The molecule has 0 aliphatic rings. The molecule has 0 spiro atoms. The van der Waals surface area contributed by atoms with Crippen molar-refractivity contribution >= 4 is 0 Å². The third kappa shape index (κ3) is 9.80. The summed E-state index contributed by atoms with van der Waals surface area (Å²) < 4.78 is 0. The van der Waals surface area contributed by atoms with Crippen molar-refractivity contribution in [1.82, 2.24) is 5.32 Å². The van der Waals surface area contributed by atoms with Crippen LogP contribution in [0.5, 0.6) is 0 Å². The van der Waals surface area contributed by atoms with Crippen molar-refractivity contribution in [3.8, 4) is 0 Å². The highest BCUT2D eigenvalue weighted by molar-refractivity contribution is 4.46. The molecule has 0 bridgehead atoms. The molecule has 0 atom stereocenters. The molecule has 0 radical (unpaired) electrons. The Morgan fingerprint density at radius 1 is 0.909 bits per heavy atom. The summed E-state index contributed by atoms with van der Waals surface area (Å²) in [7, 11) is 0. The molecule has 0 aliphatic heterocycles. The number of rotatable bonds is 8. The normalized spacial score (nSPS) is 10.4. The third-order valence-corrected chi connectivity index (χ3v) is 1.23. The van der Waals surface area contributed by atoms with Crippen LogP contribution in [0.3, 0.4) is 0 Å². The van der Waals surface area contributed by atoms with Gasteiger partial charge >= 0.3 is 0 Å². The van der Waals surface area contributed by atoms with Crippen LogP contribution in [0.15, 0.2) is 0 Å². The predicted octanol–water partition coefficient (Wildman–Crippen LogP) is -0.863. The van der Waals surface area contributed by atoms with E-state index >= 15 is 0 Å². The lowest BCUT2D eigenvalue weighted by molar-refractivity contribution is 0.130. The largest absolute Gasteiger partial charge is 0.317 e. The van der Waals surface area contributed by atoms with Crippen LogP contribution in [0, 0.1) is 0 Å². The van der Waals surface area contributed by atoms with Gasteiger partial charge in [-0.1, -0.05) is 0 Å². The van der Waals surface area contributed by atoms with Crippen molar-refractivity contribution in [2.45, 2.75) is 12.8 Å². The minimum atomic E-state index is 0.598. The number of nitrogens with one attached hydrogen (secondary N) is 1. The SMILES string of the molecule is NOCCCNCCCON. The zero-order valence-corrected chi connectivity index (χ0v) is 6.71. The Kier molecular flexibility index (Phi) is 9.62. The summed E-state index contributed by atoms with van der Waals surface area (Å²) in [5, 5.41) is 3.18. The number of nitrogens with two attached hydrogens (primary N) is 2. The molecule has 0 heterocycles. The quantitative estimate of drug-likeness (QED) is 0.320. The van der Waals surface area contributed by atoms with Gasteiger partial charge in [-0.3, -0.25) is 0 Å². The van der Waals surface area contributed by atoms with Gasteiger partial charge in [0.25, 0.3) is 0 Å². The van der Waals surface area contributed by atoms with Crippen molar-refractivity contribution in [2.75, 3.05) is 26.3 Å². The summed E-state index contributed by atoms with van der Waals surface area (Å²) in [5.74, 6) is 9.65. The zero-order valence-electron chi connectivity index (χ0n) is 6.71. The molecule has 68 valence electrons. The van der Waals surface area contributed by atoms with Gasteiger partial charge in [-0.05, 0) is 25.9 Å². The van der Waals surface area contributed by atoms with E-state index in [9.17, 15) is 0 Å². The molecule has 0 rings (SSSR count). The first kappa shape index (κ1) is 10.8. The summed E-state index contributed by atoms with van der Waals surface area (Å²) in [6.45, 7) is 3.03. The molecule has 0 aliphatic carbocycles. The topological polar surface area (TPSA) is 82.5 Å². The van der Waals surface area contributed by atoms with E-state index in [-0.39, 0.29) is 0 Å². The second kappa shape index (κ2) is 9.80. The minimum absolute atomic E-state index is 0.598. The van der Waals surface area contributed by atoms with Crippen LogP contribution in [-0.2, 0) is 9.68 Å². The van der Waals surface area contributed by atoms with E-state index in [1.807, 2.05) is 0 Å². The van der Waals surface area contributed by atoms with Gasteiger partial charge in [0, 0.05) is 0 Å². The van der Waals surface area contributed by atoms with Gasteiger partial charge in [0.15, 0.2) is 0 Å². The molecule has 5 N–H and O–H groups in total. The first-order valence-corrected chi connectivity index (χ1v) is 3.76. The fourth-order valence-corrected chi connectivity index (χ4v) is 0.686. The molecule has 0 saturated carbocycles. The first-order valence-electron chi connectivity index (χ1n) is 3.76. The van der Waals surface area contributed by atoms with Crippen molar-refractivity contribution in [2.24, 2.45) is 11.8 Å². The van der Waals surface area contributed by atoms with Crippen LogP contribution in [0.1, 0.15) is 12.8 Å². The molecule has 0 aromatic carbocycles. The Hall–Kier alpha value is -0.200. The fourth-order valence-electron chi connectivity index (χ4n) is 0.686. The lowest BCUT2D eigenvalue weighted by Gasteiger charge is -2.02. The number of hydrogen-bond acceptors (Lipinski definition) is 5. The van der Waals surface area contributed by atoms with Crippen LogP contribution >= 0.6 is 0 Å². The van der Waals surface area contributed by atoms with Gasteiger partial charge in [-0.15, -0.1) is 0 Å². The van der Waals surface area contributed by atoms with Gasteiger partial charge < -0.3 is 15.0 Å². The highest BCUT2D eigenvalue weighted by Crippen LogP contribution is 1.78. The summed E-state index contributed by atoms with van der Waals surface area (Å²) in [5.41, 5.74) is 0. The average molecular weight is 163 g/mol. The van der Waals surface area contributed by atoms with E-state index in [4.69, 9.17) is 11.8 Å². The first-order chi connectivity index (χ1) is 5.41. The van der Waals surface area contributed by atoms with E-state index in [0.29, 0.717) is 13.2 Å². The van der Waals surface area contributed by atoms with Crippen LogP contribution < -0.4 is 17.1 Å². The lowest BCUT2D eigenvalue weighted by Crippen LogP contribution is -2.20. The smallest absolute Gasteiger partial charge is 0.0691 e. The van der Waals surface area contributed by atoms with Crippen molar-refractivity contribution in [3.63, 3.8) is 0 Å².